The van der Waals surface area contributed by atoms with Gasteiger partial charge in [0, 0.05) is 26.6 Å². The second-order valence-electron chi connectivity index (χ2n) is 4.98. The van der Waals surface area contributed by atoms with Crippen LogP contribution in [0.2, 0.25) is 0 Å². The van der Waals surface area contributed by atoms with Crippen molar-refractivity contribution < 1.29 is 24.7 Å². The molecule has 104 valence electrons. The molecule has 0 aromatic heterocycles. The lowest BCUT2D eigenvalue weighted by molar-refractivity contribution is -0.140. The molecular formula is C12H21O5P. The zero-order chi connectivity index (χ0) is 13.5. The van der Waals surface area contributed by atoms with E-state index < -0.39 is 26.0 Å². The molecule has 0 radical (unpaired) electrons. The number of hydrogen-bond donors (Lipinski definition) is 3. The van der Waals surface area contributed by atoms with Crippen LogP contribution in [0.15, 0.2) is 0 Å². The van der Waals surface area contributed by atoms with Crippen molar-refractivity contribution in [2.45, 2.75) is 50.6 Å². The number of carbonyl (C=O) groups is 2. The minimum absolute atomic E-state index is 0.168. The number of carboxylic acid groups (broad SMARTS) is 2. The van der Waals surface area contributed by atoms with Gasteiger partial charge in [-0.1, -0.05) is 19.3 Å². The molecule has 0 aromatic rings. The van der Waals surface area contributed by atoms with Crippen LogP contribution in [0.5, 0.6) is 0 Å². The molecule has 0 aliphatic heterocycles. The van der Waals surface area contributed by atoms with Gasteiger partial charge in [0.2, 0.25) is 0 Å². The monoisotopic (exact) mass is 276 g/mol. The summed E-state index contributed by atoms with van der Waals surface area (Å²) in [5.41, 5.74) is 0.277. The molecule has 1 aliphatic rings. The van der Waals surface area contributed by atoms with Crippen LogP contribution in [0, 0.1) is 5.92 Å². The molecule has 0 spiro atoms. The second-order valence-corrected chi connectivity index (χ2v) is 6.95. The van der Waals surface area contributed by atoms with Gasteiger partial charge in [-0.15, -0.1) is 0 Å². The molecule has 0 bridgehead atoms. The van der Waals surface area contributed by atoms with Gasteiger partial charge in [-0.2, -0.15) is 0 Å². The van der Waals surface area contributed by atoms with Crippen LogP contribution in [0.3, 0.4) is 0 Å². The average Bonchev–Trinajstić information content (AvgIpc) is 2.28. The molecule has 1 aliphatic carbocycles. The molecule has 1 rings (SSSR count). The summed E-state index contributed by atoms with van der Waals surface area (Å²) in [5, 5.41) is 17.5. The maximum absolute atomic E-state index is 10.7. The maximum Gasteiger partial charge on any atom is 0.303 e. The first-order chi connectivity index (χ1) is 8.49. The molecular weight excluding hydrogens is 255 g/mol. The number of carboxylic acids is 2. The van der Waals surface area contributed by atoms with Crippen LogP contribution in [0.25, 0.3) is 0 Å². The molecule has 18 heavy (non-hydrogen) atoms. The predicted octanol–water partition coefficient (Wildman–Crippen LogP) is 2.27. The van der Waals surface area contributed by atoms with Crippen molar-refractivity contribution in [1.29, 1.82) is 0 Å². The summed E-state index contributed by atoms with van der Waals surface area (Å²) < 4.78 is 0. The topological polar surface area (TPSA) is 94.8 Å². The second kappa shape index (κ2) is 7.70. The smallest absolute Gasteiger partial charge is 0.303 e. The summed E-state index contributed by atoms with van der Waals surface area (Å²) in [5.74, 6) is -2.43. The van der Waals surface area contributed by atoms with Crippen molar-refractivity contribution in [1.82, 2.24) is 0 Å². The minimum atomic E-state index is -1.23. The zero-order valence-corrected chi connectivity index (χ0v) is 11.3. The molecule has 1 saturated carbocycles. The van der Waals surface area contributed by atoms with Gasteiger partial charge in [0.25, 0.3) is 0 Å². The molecule has 0 aromatic carbocycles. The molecule has 1 atom stereocenters. The number of hydrogen-bond acceptors (Lipinski definition) is 3. The van der Waals surface area contributed by atoms with Crippen LogP contribution in [-0.2, 0) is 9.59 Å². The van der Waals surface area contributed by atoms with E-state index in [1.165, 1.54) is 6.42 Å². The molecule has 0 saturated heterocycles. The molecule has 1 fully saturated rings. The van der Waals surface area contributed by atoms with Gasteiger partial charge in [-0.3, -0.25) is 9.59 Å². The Morgan fingerprint density at radius 1 is 1.06 bits per heavy atom. The maximum atomic E-state index is 10.7. The number of aliphatic carboxylic acids is 2. The lowest BCUT2D eigenvalue weighted by atomic mass is 10.0. The highest BCUT2D eigenvalue weighted by molar-refractivity contribution is 7.52. The lowest BCUT2D eigenvalue weighted by Crippen LogP contribution is -2.19. The SMILES string of the molecule is O=C(O)CC(CC(=O)O)CP(O)C1CCCCC1. The molecule has 0 amide bonds. The predicted molar refractivity (Wildman–Crippen MR) is 68.9 cm³/mol. The molecule has 6 heteroatoms. The summed E-state index contributed by atoms with van der Waals surface area (Å²) in [7, 11) is -1.23. The van der Waals surface area contributed by atoms with Gasteiger partial charge in [0.15, 0.2) is 0 Å². The fraction of sp³-hybridized carbons (Fsp3) is 0.833. The largest absolute Gasteiger partial charge is 0.481 e. The normalized spacial score (nSPS) is 18.8. The molecule has 5 nitrogen and oxygen atoms in total. The van der Waals surface area contributed by atoms with Crippen molar-refractivity contribution in [3.63, 3.8) is 0 Å². The van der Waals surface area contributed by atoms with Crippen LogP contribution in [0.1, 0.15) is 44.9 Å². The third-order valence-electron chi connectivity index (χ3n) is 3.37. The summed E-state index contributed by atoms with van der Waals surface area (Å²) in [6.45, 7) is 0. The van der Waals surface area contributed by atoms with Gasteiger partial charge in [-0.05, 0) is 24.9 Å². The van der Waals surface area contributed by atoms with E-state index >= 15 is 0 Å². The first kappa shape index (κ1) is 15.4. The Hall–Kier alpha value is -0.670. The van der Waals surface area contributed by atoms with Crippen LogP contribution in [-0.4, -0.2) is 38.9 Å². The Kier molecular flexibility index (Phi) is 6.58. The first-order valence-corrected chi connectivity index (χ1v) is 7.93. The standard InChI is InChI=1S/C12H21O5P/c13-11(14)6-9(7-12(15)16)8-18(17)10-4-2-1-3-5-10/h9-10,17H,1-8H2,(H,13,14)(H,15,16). The van der Waals surface area contributed by atoms with E-state index in [0.29, 0.717) is 6.16 Å². The van der Waals surface area contributed by atoms with Gasteiger partial charge < -0.3 is 15.1 Å². The van der Waals surface area contributed by atoms with Crippen molar-refractivity contribution >= 4 is 20.1 Å². The van der Waals surface area contributed by atoms with Crippen molar-refractivity contribution in [2.75, 3.05) is 6.16 Å². The Morgan fingerprint density at radius 2 is 1.56 bits per heavy atom. The molecule has 3 N–H and O–H groups in total. The highest BCUT2D eigenvalue weighted by atomic mass is 31.1. The first-order valence-electron chi connectivity index (χ1n) is 6.38. The van der Waals surface area contributed by atoms with E-state index in [-0.39, 0.29) is 18.5 Å². The number of rotatable bonds is 7. The van der Waals surface area contributed by atoms with Gasteiger partial charge in [0.05, 0.1) is 0 Å². The van der Waals surface area contributed by atoms with E-state index in [1.54, 1.807) is 0 Å². The Balaban J connectivity index is 2.46. The van der Waals surface area contributed by atoms with E-state index in [0.717, 1.165) is 25.7 Å². The Labute approximate surface area is 108 Å². The van der Waals surface area contributed by atoms with E-state index in [1.807, 2.05) is 0 Å². The van der Waals surface area contributed by atoms with Crippen molar-refractivity contribution in [3.8, 4) is 0 Å². The van der Waals surface area contributed by atoms with Crippen molar-refractivity contribution in [2.24, 2.45) is 5.92 Å². The Bertz CT molecular complexity index is 272. The zero-order valence-electron chi connectivity index (χ0n) is 10.4. The van der Waals surface area contributed by atoms with Crippen LogP contribution < -0.4 is 0 Å². The molecule has 0 heterocycles. The van der Waals surface area contributed by atoms with Crippen LogP contribution >= 0.6 is 8.15 Å². The fourth-order valence-corrected chi connectivity index (χ4v) is 4.53. The van der Waals surface area contributed by atoms with E-state index in [4.69, 9.17) is 10.2 Å². The summed E-state index contributed by atoms with van der Waals surface area (Å²) in [4.78, 5) is 31.5. The summed E-state index contributed by atoms with van der Waals surface area (Å²) >= 11 is 0. The highest BCUT2D eigenvalue weighted by Gasteiger charge is 2.27. The van der Waals surface area contributed by atoms with Crippen LogP contribution in [0.4, 0.5) is 0 Å². The minimum Gasteiger partial charge on any atom is -0.481 e. The summed E-state index contributed by atoms with van der Waals surface area (Å²) in [6.07, 6.45) is 5.44. The van der Waals surface area contributed by atoms with Gasteiger partial charge >= 0.3 is 11.9 Å². The quantitative estimate of drug-likeness (QED) is 0.620. The summed E-state index contributed by atoms with van der Waals surface area (Å²) in [6, 6.07) is 0. The fourth-order valence-electron chi connectivity index (χ4n) is 2.49. The van der Waals surface area contributed by atoms with E-state index in [2.05, 4.69) is 0 Å². The van der Waals surface area contributed by atoms with E-state index in [9.17, 15) is 14.5 Å². The average molecular weight is 276 g/mol. The van der Waals surface area contributed by atoms with Gasteiger partial charge in [0.1, 0.15) is 0 Å². The third-order valence-corrected chi connectivity index (χ3v) is 5.62. The van der Waals surface area contributed by atoms with Gasteiger partial charge in [-0.25, -0.2) is 0 Å². The lowest BCUT2D eigenvalue weighted by Gasteiger charge is -2.28. The highest BCUT2D eigenvalue weighted by Crippen LogP contribution is 2.46. The molecule has 1 unspecified atom stereocenters. The van der Waals surface area contributed by atoms with Crippen molar-refractivity contribution in [3.05, 3.63) is 0 Å². The third kappa shape index (κ3) is 5.78. The Morgan fingerprint density at radius 3 is 2.00 bits per heavy atom.